The third-order valence-electron chi connectivity index (χ3n) is 3.47. The van der Waals surface area contributed by atoms with Crippen molar-refractivity contribution in [1.29, 1.82) is 0 Å². The van der Waals surface area contributed by atoms with Gasteiger partial charge in [0, 0.05) is 26.1 Å². The number of carboxylic acid groups (broad SMARTS) is 1. The average Bonchev–Trinajstić information content (AvgIpc) is 2.34. The van der Waals surface area contributed by atoms with Crippen LogP contribution < -0.4 is 5.32 Å². The molecule has 1 saturated heterocycles. The Kier molecular flexibility index (Phi) is 6.42. The quantitative estimate of drug-likeness (QED) is 0.721. The Hall–Kier alpha value is -1.14. The third-order valence-corrected chi connectivity index (χ3v) is 3.47. The summed E-state index contributed by atoms with van der Waals surface area (Å²) >= 11 is 0. The molecule has 0 spiro atoms. The molecule has 1 atom stereocenters. The summed E-state index contributed by atoms with van der Waals surface area (Å²) in [6.45, 7) is 9.61. The van der Waals surface area contributed by atoms with Gasteiger partial charge in [-0.1, -0.05) is 20.8 Å². The van der Waals surface area contributed by atoms with Crippen LogP contribution in [0.4, 0.5) is 0 Å². The van der Waals surface area contributed by atoms with Gasteiger partial charge in [0.2, 0.25) is 5.91 Å². The lowest BCUT2D eigenvalue weighted by Crippen LogP contribution is -2.47. The van der Waals surface area contributed by atoms with Crippen LogP contribution in [-0.4, -0.2) is 60.8 Å². The number of hydrogen-bond donors (Lipinski definition) is 2. The molecule has 116 valence electrons. The molecule has 6 nitrogen and oxygen atoms in total. The van der Waals surface area contributed by atoms with Crippen molar-refractivity contribution in [2.75, 3.05) is 32.8 Å². The second kappa shape index (κ2) is 7.59. The summed E-state index contributed by atoms with van der Waals surface area (Å²) in [5.74, 6) is -0.995. The number of amides is 1. The van der Waals surface area contributed by atoms with Gasteiger partial charge in [0.25, 0.3) is 0 Å². The summed E-state index contributed by atoms with van der Waals surface area (Å²) in [6.07, 6.45) is 0.225. The minimum atomic E-state index is -0.878. The number of nitrogens with one attached hydrogen (secondary N) is 1. The Morgan fingerprint density at radius 3 is 2.70 bits per heavy atom. The fraction of sp³-hybridized carbons (Fsp3) is 0.857. The highest BCUT2D eigenvalue weighted by atomic mass is 16.5. The maximum absolute atomic E-state index is 11.9. The fourth-order valence-electron chi connectivity index (χ4n) is 2.39. The largest absolute Gasteiger partial charge is 0.481 e. The molecule has 0 aromatic heterocycles. The lowest BCUT2D eigenvalue weighted by Gasteiger charge is -2.32. The van der Waals surface area contributed by atoms with Crippen molar-refractivity contribution < 1.29 is 19.4 Å². The van der Waals surface area contributed by atoms with Gasteiger partial charge in [-0.25, -0.2) is 0 Å². The molecular formula is C14H26N2O4. The maximum Gasteiger partial charge on any atom is 0.303 e. The van der Waals surface area contributed by atoms with E-state index in [1.807, 2.05) is 0 Å². The highest BCUT2D eigenvalue weighted by Crippen LogP contribution is 2.24. The molecule has 0 saturated carbocycles. The zero-order valence-corrected chi connectivity index (χ0v) is 12.6. The molecular weight excluding hydrogens is 260 g/mol. The summed E-state index contributed by atoms with van der Waals surface area (Å²) in [6, 6.07) is 0. The van der Waals surface area contributed by atoms with E-state index < -0.39 is 11.4 Å². The van der Waals surface area contributed by atoms with Gasteiger partial charge in [0.05, 0.1) is 19.1 Å². The Morgan fingerprint density at radius 2 is 2.10 bits per heavy atom. The van der Waals surface area contributed by atoms with E-state index in [4.69, 9.17) is 9.84 Å². The van der Waals surface area contributed by atoms with Crippen LogP contribution in [-0.2, 0) is 14.3 Å². The second-order valence-electron chi connectivity index (χ2n) is 6.10. The number of carbonyl (C=O) groups is 2. The molecule has 1 rings (SSSR count). The van der Waals surface area contributed by atoms with E-state index in [1.54, 1.807) is 13.8 Å². The summed E-state index contributed by atoms with van der Waals surface area (Å²) < 4.78 is 5.60. The van der Waals surface area contributed by atoms with Gasteiger partial charge >= 0.3 is 5.97 Å². The number of ether oxygens (including phenoxy) is 1. The van der Waals surface area contributed by atoms with E-state index >= 15 is 0 Å². The number of carbonyl (C=O) groups excluding carboxylic acids is 1. The molecule has 0 radical (unpaired) electrons. The van der Waals surface area contributed by atoms with Gasteiger partial charge < -0.3 is 15.2 Å². The first-order chi connectivity index (χ1) is 9.32. The van der Waals surface area contributed by atoms with Crippen LogP contribution in [0.2, 0.25) is 0 Å². The van der Waals surface area contributed by atoms with Crippen LogP contribution in [0.5, 0.6) is 0 Å². The fourth-order valence-corrected chi connectivity index (χ4v) is 2.39. The van der Waals surface area contributed by atoms with Gasteiger partial charge in [-0.3, -0.25) is 14.5 Å². The summed E-state index contributed by atoms with van der Waals surface area (Å²) in [5.41, 5.74) is -0.529. The molecule has 0 aliphatic carbocycles. The second-order valence-corrected chi connectivity index (χ2v) is 6.10. The first kappa shape index (κ1) is 16.9. The smallest absolute Gasteiger partial charge is 0.303 e. The van der Waals surface area contributed by atoms with E-state index in [-0.39, 0.29) is 24.9 Å². The first-order valence-electron chi connectivity index (χ1n) is 7.15. The van der Waals surface area contributed by atoms with E-state index in [0.29, 0.717) is 13.2 Å². The normalized spacial score (nSPS) is 20.6. The molecule has 0 bridgehead atoms. The summed E-state index contributed by atoms with van der Waals surface area (Å²) in [7, 11) is 0. The van der Waals surface area contributed by atoms with Crippen LogP contribution in [0.3, 0.4) is 0 Å². The molecule has 0 aromatic carbocycles. The monoisotopic (exact) mass is 286 g/mol. The first-order valence-corrected chi connectivity index (χ1v) is 7.15. The van der Waals surface area contributed by atoms with Gasteiger partial charge in [-0.05, 0) is 12.0 Å². The van der Waals surface area contributed by atoms with E-state index in [1.165, 1.54) is 0 Å². The van der Waals surface area contributed by atoms with Crippen molar-refractivity contribution in [3.63, 3.8) is 0 Å². The molecule has 1 aliphatic rings. The molecule has 2 N–H and O–H groups in total. The molecule has 1 heterocycles. The Morgan fingerprint density at radius 1 is 1.40 bits per heavy atom. The number of hydrogen-bond acceptors (Lipinski definition) is 4. The molecule has 1 unspecified atom stereocenters. The lowest BCUT2D eigenvalue weighted by molar-refractivity contribution is -0.139. The number of likely N-dealkylation sites (N-methyl/N-ethyl adjacent to an activating group) is 1. The van der Waals surface area contributed by atoms with Crippen molar-refractivity contribution in [3.8, 4) is 0 Å². The maximum atomic E-state index is 11.9. The number of rotatable bonds is 7. The number of morpholine rings is 1. The standard InChI is InChI=1S/C14H26N2O4/c1-4-16-5-6-20-11(10-16)9-15-12(17)7-14(2,3)8-13(18)19/h11H,4-10H2,1-3H3,(H,15,17)(H,18,19). The van der Waals surface area contributed by atoms with Crippen molar-refractivity contribution >= 4 is 11.9 Å². The number of nitrogens with zero attached hydrogens (tertiary/aromatic N) is 1. The third kappa shape index (κ3) is 6.34. The molecule has 1 fully saturated rings. The highest BCUT2D eigenvalue weighted by molar-refractivity contribution is 5.77. The van der Waals surface area contributed by atoms with E-state index in [2.05, 4.69) is 17.1 Å². The van der Waals surface area contributed by atoms with Crippen molar-refractivity contribution in [3.05, 3.63) is 0 Å². The average molecular weight is 286 g/mol. The molecule has 0 aromatic rings. The summed E-state index contributed by atoms with van der Waals surface area (Å²) in [4.78, 5) is 24.9. The van der Waals surface area contributed by atoms with Crippen molar-refractivity contribution in [1.82, 2.24) is 10.2 Å². The SMILES string of the molecule is CCN1CCOC(CNC(=O)CC(C)(C)CC(=O)O)C1. The number of carboxylic acids is 1. The highest BCUT2D eigenvalue weighted by Gasteiger charge is 2.26. The minimum absolute atomic E-state index is 0.00996. The lowest BCUT2D eigenvalue weighted by atomic mass is 9.85. The molecule has 20 heavy (non-hydrogen) atoms. The number of aliphatic carboxylic acids is 1. The predicted molar refractivity (Wildman–Crippen MR) is 75.5 cm³/mol. The molecule has 1 aliphatic heterocycles. The van der Waals surface area contributed by atoms with Crippen LogP contribution in [0.25, 0.3) is 0 Å². The van der Waals surface area contributed by atoms with Crippen LogP contribution in [0, 0.1) is 5.41 Å². The van der Waals surface area contributed by atoms with Crippen molar-refractivity contribution in [2.24, 2.45) is 5.41 Å². The minimum Gasteiger partial charge on any atom is -0.481 e. The van der Waals surface area contributed by atoms with E-state index in [9.17, 15) is 9.59 Å². The Balaban J connectivity index is 2.30. The zero-order chi connectivity index (χ0) is 15.2. The van der Waals surface area contributed by atoms with Gasteiger partial charge in [0.15, 0.2) is 0 Å². The van der Waals surface area contributed by atoms with Gasteiger partial charge in [-0.15, -0.1) is 0 Å². The predicted octanol–water partition coefficient (Wildman–Crippen LogP) is 0.714. The zero-order valence-electron chi connectivity index (χ0n) is 12.6. The van der Waals surface area contributed by atoms with Crippen LogP contribution in [0.1, 0.15) is 33.6 Å². The molecule has 6 heteroatoms. The topological polar surface area (TPSA) is 78.9 Å². The molecule has 1 amide bonds. The summed E-state index contributed by atoms with van der Waals surface area (Å²) in [5, 5.41) is 11.6. The van der Waals surface area contributed by atoms with Gasteiger partial charge in [-0.2, -0.15) is 0 Å². The Bertz CT molecular complexity index is 344. The van der Waals surface area contributed by atoms with Crippen LogP contribution in [0.15, 0.2) is 0 Å². The van der Waals surface area contributed by atoms with Crippen molar-refractivity contribution in [2.45, 2.75) is 39.7 Å². The van der Waals surface area contributed by atoms with Crippen LogP contribution >= 0.6 is 0 Å². The Labute approximate surface area is 120 Å². The van der Waals surface area contributed by atoms with E-state index in [0.717, 1.165) is 19.6 Å². The van der Waals surface area contributed by atoms with Gasteiger partial charge in [0.1, 0.15) is 0 Å².